The number of halogens is 1. The van der Waals surface area contributed by atoms with Crippen molar-refractivity contribution < 1.29 is 19.7 Å². The lowest BCUT2D eigenvalue weighted by Crippen LogP contribution is -2.30. The van der Waals surface area contributed by atoms with E-state index in [9.17, 15) is 15.0 Å². The van der Waals surface area contributed by atoms with Gasteiger partial charge in [0.25, 0.3) is 0 Å². The average molecular weight is 290 g/mol. The number of aromatic nitrogens is 1. The van der Waals surface area contributed by atoms with Gasteiger partial charge in [-0.15, -0.1) is 0 Å². The van der Waals surface area contributed by atoms with Crippen LogP contribution >= 0.6 is 15.9 Å². The lowest BCUT2D eigenvalue weighted by atomic mass is 10.1. The number of hydrogen-bond donors (Lipinski definition) is 2. The summed E-state index contributed by atoms with van der Waals surface area (Å²) in [6, 6.07) is 4.83. The van der Waals surface area contributed by atoms with Crippen LogP contribution in [-0.2, 0) is 9.53 Å². The minimum atomic E-state index is -1.62. The highest BCUT2D eigenvalue weighted by molar-refractivity contribution is 9.10. The molecule has 5 nitrogen and oxygen atoms in total. The molecule has 0 saturated heterocycles. The first-order chi connectivity index (χ1) is 7.56. The fraction of sp³-hybridized carbons (Fsp3) is 0.400. The molecule has 0 radical (unpaired) electrons. The second kappa shape index (κ2) is 5.93. The van der Waals surface area contributed by atoms with E-state index in [1.54, 1.807) is 19.1 Å². The SMILES string of the molecule is CCOC(=O)[C@H](O)[C@@H](O)c1cccc(Br)n1. The van der Waals surface area contributed by atoms with E-state index in [1.165, 1.54) is 6.07 Å². The summed E-state index contributed by atoms with van der Waals surface area (Å²) in [5, 5.41) is 19.2. The maximum absolute atomic E-state index is 11.2. The summed E-state index contributed by atoms with van der Waals surface area (Å²) in [4.78, 5) is 15.1. The molecule has 88 valence electrons. The summed E-state index contributed by atoms with van der Waals surface area (Å²) in [5.41, 5.74) is 0.204. The second-order valence-corrected chi connectivity index (χ2v) is 3.84. The fourth-order valence-electron chi connectivity index (χ4n) is 1.11. The Bertz CT molecular complexity index is 372. The monoisotopic (exact) mass is 289 g/mol. The molecule has 0 amide bonds. The van der Waals surface area contributed by atoms with E-state index in [-0.39, 0.29) is 12.3 Å². The van der Waals surface area contributed by atoms with Crippen LogP contribution in [0.25, 0.3) is 0 Å². The highest BCUT2D eigenvalue weighted by atomic mass is 79.9. The average Bonchev–Trinajstić information content (AvgIpc) is 2.27. The molecule has 1 aromatic rings. The van der Waals surface area contributed by atoms with Gasteiger partial charge in [0.15, 0.2) is 6.10 Å². The fourth-order valence-corrected chi connectivity index (χ4v) is 1.46. The molecule has 0 aromatic carbocycles. The van der Waals surface area contributed by atoms with Gasteiger partial charge < -0.3 is 14.9 Å². The Kier molecular flexibility index (Phi) is 4.85. The number of carbonyl (C=O) groups is 1. The summed E-state index contributed by atoms with van der Waals surface area (Å²) < 4.78 is 5.10. The molecule has 0 unspecified atom stereocenters. The van der Waals surface area contributed by atoms with Crippen molar-refractivity contribution in [3.63, 3.8) is 0 Å². The van der Waals surface area contributed by atoms with Gasteiger partial charge in [-0.3, -0.25) is 0 Å². The normalized spacial score (nSPS) is 14.2. The van der Waals surface area contributed by atoms with Crippen LogP contribution in [0.15, 0.2) is 22.8 Å². The van der Waals surface area contributed by atoms with Crippen molar-refractivity contribution >= 4 is 21.9 Å². The zero-order valence-corrected chi connectivity index (χ0v) is 10.2. The third-order valence-corrected chi connectivity index (χ3v) is 2.31. The first-order valence-corrected chi connectivity index (χ1v) is 5.50. The van der Waals surface area contributed by atoms with Crippen molar-refractivity contribution in [2.75, 3.05) is 6.61 Å². The molecule has 0 aliphatic carbocycles. The Hall–Kier alpha value is -0.980. The van der Waals surface area contributed by atoms with E-state index >= 15 is 0 Å². The molecule has 0 saturated carbocycles. The number of pyridine rings is 1. The van der Waals surface area contributed by atoms with Gasteiger partial charge in [0.05, 0.1) is 12.3 Å². The number of hydrogen-bond acceptors (Lipinski definition) is 5. The number of carbonyl (C=O) groups excluding carboxylic acids is 1. The van der Waals surface area contributed by atoms with Crippen LogP contribution in [0.2, 0.25) is 0 Å². The van der Waals surface area contributed by atoms with E-state index < -0.39 is 18.2 Å². The summed E-state index contributed by atoms with van der Waals surface area (Å²) in [5.74, 6) is -0.864. The van der Waals surface area contributed by atoms with E-state index in [1.807, 2.05) is 0 Å². The smallest absolute Gasteiger partial charge is 0.338 e. The Morgan fingerprint density at radius 2 is 2.25 bits per heavy atom. The molecule has 0 aliphatic heterocycles. The van der Waals surface area contributed by atoms with Gasteiger partial charge >= 0.3 is 5.97 Å². The molecular formula is C10H12BrNO4. The summed E-state index contributed by atoms with van der Waals surface area (Å²) in [6.45, 7) is 1.77. The van der Waals surface area contributed by atoms with Crippen LogP contribution in [-0.4, -0.2) is 33.9 Å². The number of nitrogens with zero attached hydrogens (tertiary/aromatic N) is 1. The van der Waals surface area contributed by atoms with Crippen molar-refractivity contribution in [2.24, 2.45) is 0 Å². The molecule has 0 aliphatic rings. The van der Waals surface area contributed by atoms with E-state index in [0.29, 0.717) is 4.60 Å². The Labute approximate surface area is 101 Å². The van der Waals surface area contributed by atoms with Gasteiger partial charge in [-0.05, 0) is 35.0 Å². The molecule has 2 N–H and O–H groups in total. The largest absolute Gasteiger partial charge is 0.464 e. The number of ether oxygens (including phenoxy) is 1. The van der Waals surface area contributed by atoms with Gasteiger partial charge in [-0.2, -0.15) is 0 Å². The van der Waals surface area contributed by atoms with Gasteiger partial charge in [0, 0.05) is 0 Å². The molecule has 2 atom stereocenters. The minimum Gasteiger partial charge on any atom is -0.464 e. The predicted molar refractivity (Wildman–Crippen MR) is 59.5 cm³/mol. The van der Waals surface area contributed by atoms with Crippen LogP contribution < -0.4 is 0 Å². The number of aliphatic hydroxyl groups excluding tert-OH is 2. The van der Waals surface area contributed by atoms with Gasteiger partial charge in [0.2, 0.25) is 0 Å². The second-order valence-electron chi connectivity index (χ2n) is 3.03. The predicted octanol–water partition coefficient (Wildman–Crippen LogP) is 0.802. The maximum atomic E-state index is 11.2. The van der Waals surface area contributed by atoms with Crippen molar-refractivity contribution in [2.45, 2.75) is 19.1 Å². The highest BCUT2D eigenvalue weighted by Crippen LogP contribution is 2.17. The van der Waals surface area contributed by atoms with Gasteiger partial charge in [-0.1, -0.05) is 6.07 Å². The van der Waals surface area contributed by atoms with E-state index in [2.05, 4.69) is 25.7 Å². The Morgan fingerprint density at radius 1 is 1.56 bits per heavy atom. The third kappa shape index (κ3) is 3.26. The molecule has 1 rings (SSSR count). The maximum Gasteiger partial charge on any atom is 0.338 e. The van der Waals surface area contributed by atoms with Crippen LogP contribution in [0.3, 0.4) is 0 Å². The first-order valence-electron chi connectivity index (χ1n) is 4.71. The summed E-state index contributed by atoms with van der Waals surface area (Å²) in [6.07, 6.45) is -3.02. The zero-order valence-electron chi connectivity index (χ0n) is 8.63. The molecule has 0 bridgehead atoms. The summed E-state index contributed by atoms with van der Waals surface area (Å²) >= 11 is 3.13. The number of esters is 1. The number of aliphatic hydroxyl groups is 2. The molecule has 1 aromatic heterocycles. The first kappa shape index (κ1) is 13.1. The van der Waals surface area contributed by atoms with Crippen molar-refractivity contribution in [3.05, 3.63) is 28.5 Å². The molecule has 1 heterocycles. The van der Waals surface area contributed by atoms with Gasteiger partial charge in [0.1, 0.15) is 10.7 Å². The van der Waals surface area contributed by atoms with Crippen LogP contribution in [0.5, 0.6) is 0 Å². The lowest BCUT2D eigenvalue weighted by molar-refractivity contribution is -0.159. The molecule has 0 spiro atoms. The van der Waals surface area contributed by atoms with Crippen LogP contribution in [0, 0.1) is 0 Å². The van der Waals surface area contributed by atoms with Crippen LogP contribution in [0.1, 0.15) is 18.7 Å². The molecule has 16 heavy (non-hydrogen) atoms. The van der Waals surface area contributed by atoms with E-state index in [4.69, 9.17) is 0 Å². The third-order valence-electron chi connectivity index (χ3n) is 1.87. The highest BCUT2D eigenvalue weighted by Gasteiger charge is 2.27. The minimum absolute atomic E-state index is 0.147. The molecular weight excluding hydrogens is 278 g/mol. The zero-order chi connectivity index (χ0) is 12.1. The quantitative estimate of drug-likeness (QED) is 0.633. The van der Waals surface area contributed by atoms with Crippen molar-refractivity contribution in [1.29, 1.82) is 0 Å². The van der Waals surface area contributed by atoms with E-state index in [0.717, 1.165) is 0 Å². The standard InChI is InChI=1S/C10H12BrNO4/c1-2-16-10(15)9(14)8(13)6-4-3-5-7(11)12-6/h3-5,8-9,13-14H,2H2,1H3/t8-,9+/m0/s1. The Balaban J connectivity index is 2.77. The lowest BCUT2D eigenvalue weighted by Gasteiger charge is -2.15. The topological polar surface area (TPSA) is 79.7 Å². The van der Waals surface area contributed by atoms with Crippen LogP contribution in [0.4, 0.5) is 0 Å². The molecule has 0 fully saturated rings. The van der Waals surface area contributed by atoms with Gasteiger partial charge in [-0.25, -0.2) is 9.78 Å². The molecule has 6 heteroatoms. The number of rotatable bonds is 4. The summed E-state index contributed by atoms with van der Waals surface area (Å²) in [7, 11) is 0. The van der Waals surface area contributed by atoms with Crippen molar-refractivity contribution in [3.8, 4) is 0 Å². The van der Waals surface area contributed by atoms with Crippen molar-refractivity contribution in [1.82, 2.24) is 4.98 Å². The Morgan fingerprint density at radius 3 is 2.81 bits per heavy atom.